The summed E-state index contributed by atoms with van der Waals surface area (Å²) in [6, 6.07) is 15.0. The van der Waals surface area contributed by atoms with Crippen LogP contribution in [-0.2, 0) is 20.5 Å². The van der Waals surface area contributed by atoms with E-state index in [1.54, 1.807) is 32.0 Å². The lowest BCUT2D eigenvalue weighted by Crippen LogP contribution is -2.50. The van der Waals surface area contributed by atoms with E-state index < -0.39 is 11.0 Å². The molecule has 7 nitrogen and oxygen atoms in total. The molecular weight excluding hydrogens is 480 g/mol. The zero-order chi connectivity index (χ0) is 25.7. The largest absolute Gasteiger partial charge is 0.496 e. The van der Waals surface area contributed by atoms with E-state index in [-0.39, 0.29) is 11.9 Å². The molecule has 1 fully saturated rings. The highest BCUT2D eigenvalue weighted by Gasteiger charge is 2.45. The average Bonchev–Trinajstić information content (AvgIpc) is 3.39. The lowest BCUT2D eigenvalue weighted by molar-refractivity contribution is -0.146. The van der Waals surface area contributed by atoms with Crippen molar-refractivity contribution in [3.05, 3.63) is 76.6 Å². The first-order chi connectivity index (χ1) is 17.2. The molecule has 3 heterocycles. The third-order valence-electron chi connectivity index (χ3n) is 7.38. The molecule has 2 aliphatic heterocycles. The van der Waals surface area contributed by atoms with Crippen molar-refractivity contribution in [1.29, 1.82) is 0 Å². The molecule has 0 saturated carbocycles. The molecule has 0 atom stereocenters. The van der Waals surface area contributed by atoms with Crippen LogP contribution in [0.5, 0.6) is 11.5 Å². The molecule has 1 amide bonds. The number of aromatic nitrogens is 1. The van der Waals surface area contributed by atoms with Crippen molar-refractivity contribution in [2.75, 3.05) is 27.3 Å². The maximum Gasteiger partial charge on any atom is 0.315 e. The summed E-state index contributed by atoms with van der Waals surface area (Å²) in [5.41, 5.74) is 1.79. The minimum Gasteiger partial charge on any atom is -0.496 e. The van der Waals surface area contributed by atoms with Crippen LogP contribution in [0.2, 0.25) is 5.02 Å². The van der Waals surface area contributed by atoms with Crippen LogP contribution in [-0.4, -0.2) is 48.7 Å². The summed E-state index contributed by atoms with van der Waals surface area (Å²) in [6.07, 6.45) is 3.34. The minimum atomic E-state index is -0.911. The van der Waals surface area contributed by atoms with E-state index in [0.717, 1.165) is 17.1 Å². The summed E-state index contributed by atoms with van der Waals surface area (Å²) in [4.78, 5) is 27.6. The predicted octanol–water partition coefficient (Wildman–Crippen LogP) is 5.11. The van der Waals surface area contributed by atoms with Crippen molar-refractivity contribution in [2.24, 2.45) is 0 Å². The van der Waals surface area contributed by atoms with Gasteiger partial charge in [0.1, 0.15) is 11.5 Å². The molecule has 0 radical (unpaired) electrons. The van der Waals surface area contributed by atoms with Gasteiger partial charge in [-0.25, -0.2) is 0 Å². The van der Waals surface area contributed by atoms with Crippen molar-refractivity contribution in [2.45, 2.75) is 37.7 Å². The maximum absolute atomic E-state index is 13.4. The molecule has 3 aromatic rings. The number of halogens is 1. The van der Waals surface area contributed by atoms with Gasteiger partial charge in [-0.15, -0.1) is 0 Å². The fourth-order valence-electron chi connectivity index (χ4n) is 5.31. The summed E-state index contributed by atoms with van der Waals surface area (Å²) >= 11 is 6.25. The van der Waals surface area contributed by atoms with E-state index in [1.807, 2.05) is 35.4 Å². The topological polar surface area (TPSA) is 70.0 Å². The Kier molecular flexibility index (Phi) is 5.99. The molecule has 5 rings (SSSR count). The molecule has 1 spiro atoms. The van der Waals surface area contributed by atoms with Crippen LogP contribution in [0, 0.1) is 0 Å². The van der Waals surface area contributed by atoms with E-state index in [9.17, 15) is 9.59 Å². The zero-order valence-electron chi connectivity index (χ0n) is 20.8. The highest BCUT2D eigenvalue weighted by Crippen LogP contribution is 2.46. The van der Waals surface area contributed by atoms with Gasteiger partial charge in [-0.1, -0.05) is 17.7 Å². The number of carbonyl (C=O) groups is 2. The van der Waals surface area contributed by atoms with Crippen LogP contribution in [0.15, 0.2) is 54.7 Å². The summed E-state index contributed by atoms with van der Waals surface area (Å²) in [7, 11) is 2.89. The van der Waals surface area contributed by atoms with E-state index >= 15 is 0 Å². The van der Waals surface area contributed by atoms with Crippen LogP contribution < -0.4 is 9.47 Å². The Labute approximate surface area is 215 Å². The van der Waals surface area contributed by atoms with Gasteiger partial charge in [0, 0.05) is 54.3 Å². The minimum absolute atomic E-state index is 0.0831. The van der Waals surface area contributed by atoms with Crippen molar-refractivity contribution < 1.29 is 23.8 Å². The Bertz CT molecular complexity index is 1340. The van der Waals surface area contributed by atoms with Crippen molar-refractivity contribution in [3.8, 4) is 17.2 Å². The first-order valence-electron chi connectivity index (χ1n) is 11.9. The number of esters is 1. The molecule has 0 unspecified atom stereocenters. The third kappa shape index (κ3) is 3.82. The number of benzene rings is 2. The van der Waals surface area contributed by atoms with Gasteiger partial charge in [-0.3, -0.25) is 9.59 Å². The number of piperidine rings is 1. The average molecular weight is 509 g/mol. The molecular formula is C28H29ClN2O5. The lowest BCUT2D eigenvalue weighted by Gasteiger charge is -2.45. The smallest absolute Gasteiger partial charge is 0.315 e. The van der Waals surface area contributed by atoms with Gasteiger partial charge in [0.15, 0.2) is 5.60 Å². The number of likely N-dealkylation sites (tertiary alicyclic amines) is 1. The summed E-state index contributed by atoms with van der Waals surface area (Å²) in [6.45, 7) is 4.62. The molecule has 0 aliphatic carbocycles. The van der Waals surface area contributed by atoms with Crippen LogP contribution >= 0.6 is 11.6 Å². The van der Waals surface area contributed by atoms with Crippen LogP contribution in [0.1, 0.15) is 48.3 Å². The molecule has 0 bridgehead atoms. The normalized spacial score (nSPS) is 16.1. The molecule has 0 N–H and O–H groups in total. The number of fused-ring (bicyclic) bond motifs is 4. The number of rotatable bonds is 4. The van der Waals surface area contributed by atoms with Crippen LogP contribution in [0.4, 0.5) is 0 Å². The second-order valence-electron chi connectivity index (χ2n) is 9.80. The Morgan fingerprint density at radius 3 is 2.50 bits per heavy atom. The quantitative estimate of drug-likeness (QED) is 0.458. The maximum atomic E-state index is 13.4. The number of hydrogen-bond donors (Lipinski definition) is 0. The van der Waals surface area contributed by atoms with Crippen LogP contribution in [0.3, 0.4) is 0 Å². The highest BCUT2D eigenvalue weighted by molar-refractivity contribution is 6.30. The van der Waals surface area contributed by atoms with Crippen LogP contribution in [0.25, 0.3) is 5.69 Å². The van der Waals surface area contributed by atoms with E-state index in [0.29, 0.717) is 47.8 Å². The number of nitrogens with zero attached hydrogens (tertiary/aromatic N) is 2. The molecule has 2 aromatic carbocycles. The number of amides is 1. The van der Waals surface area contributed by atoms with Crippen molar-refractivity contribution in [1.82, 2.24) is 9.47 Å². The molecule has 36 heavy (non-hydrogen) atoms. The summed E-state index contributed by atoms with van der Waals surface area (Å²) < 4.78 is 19.2. The molecule has 1 aromatic heterocycles. The Hall–Kier alpha value is -3.45. The SMILES string of the molecule is COC(=O)C(C)(C)c1ccc(C(=O)N2CCC3(CC2)Oc2cc(Cl)ccc2-n2cccc23)cc1OC. The van der Waals surface area contributed by atoms with Gasteiger partial charge in [0.25, 0.3) is 5.91 Å². The van der Waals surface area contributed by atoms with Gasteiger partial charge in [-0.2, -0.15) is 0 Å². The van der Waals surface area contributed by atoms with Crippen molar-refractivity contribution >= 4 is 23.5 Å². The van der Waals surface area contributed by atoms with Gasteiger partial charge in [0.2, 0.25) is 0 Å². The highest BCUT2D eigenvalue weighted by atomic mass is 35.5. The third-order valence-corrected chi connectivity index (χ3v) is 7.61. The van der Waals surface area contributed by atoms with Gasteiger partial charge < -0.3 is 23.7 Å². The molecule has 1 saturated heterocycles. The number of ether oxygens (including phenoxy) is 3. The van der Waals surface area contributed by atoms with Gasteiger partial charge >= 0.3 is 5.97 Å². The molecule has 8 heteroatoms. The predicted molar refractivity (Wildman–Crippen MR) is 136 cm³/mol. The van der Waals surface area contributed by atoms with Crippen molar-refractivity contribution in [3.63, 3.8) is 0 Å². The molecule has 2 aliphatic rings. The number of carbonyl (C=O) groups excluding carboxylic acids is 2. The monoisotopic (exact) mass is 508 g/mol. The first kappa shape index (κ1) is 24.3. The van der Waals surface area contributed by atoms with Gasteiger partial charge in [0.05, 0.1) is 31.0 Å². The second-order valence-corrected chi connectivity index (χ2v) is 10.2. The number of methoxy groups -OCH3 is 2. The van der Waals surface area contributed by atoms with Gasteiger partial charge in [-0.05, 0) is 50.2 Å². The summed E-state index contributed by atoms with van der Waals surface area (Å²) in [5, 5.41) is 0.625. The Balaban J connectivity index is 1.37. The van der Waals surface area contributed by atoms with E-state index in [1.165, 1.54) is 14.2 Å². The number of hydrogen-bond acceptors (Lipinski definition) is 5. The zero-order valence-corrected chi connectivity index (χ0v) is 21.6. The second kappa shape index (κ2) is 8.89. The fraction of sp³-hybridized carbons (Fsp3) is 0.357. The first-order valence-corrected chi connectivity index (χ1v) is 12.3. The Morgan fingerprint density at radius 1 is 1.06 bits per heavy atom. The Morgan fingerprint density at radius 2 is 1.81 bits per heavy atom. The summed E-state index contributed by atoms with van der Waals surface area (Å²) in [5.74, 6) is 0.771. The fourth-order valence-corrected chi connectivity index (χ4v) is 5.47. The van der Waals surface area contributed by atoms with E-state index in [2.05, 4.69) is 10.6 Å². The van der Waals surface area contributed by atoms with E-state index in [4.69, 9.17) is 25.8 Å². The molecule has 188 valence electrons. The standard InChI is InChI=1S/C28H29ClN2O5/c1-27(2,26(33)35-4)20-9-7-18(16-22(20)34-3)25(32)30-14-11-28(12-15-30)24-6-5-13-31(24)21-10-8-19(29)17-23(21)36-28/h5-10,13,16-17H,11-12,14-15H2,1-4H3. The lowest BCUT2D eigenvalue weighted by atomic mass is 9.83.